The molecule has 2 aromatic rings. The van der Waals surface area contributed by atoms with Crippen molar-refractivity contribution in [2.75, 3.05) is 13.7 Å². The lowest BCUT2D eigenvalue weighted by atomic mass is 10.1. The highest BCUT2D eigenvalue weighted by Crippen LogP contribution is 2.33. The molecule has 1 aromatic carbocycles. The molecular formula is C15H17NO4S. The van der Waals surface area contributed by atoms with Crippen LogP contribution in [0, 0.1) is 12.8 Å². The number of fused-ring (bicyclic) bond motifs is 1. The quantitative estimate of drug-likeness (QED) is 0.890. The predicted octanol–water partition coefficient (Wildman–Crippen LogP) is 2.67. The number of carbonyl (C=O) groups is 2. The summed E-state index contributed by atoms with van der Waals surface area (Å²) in [6.07, 6.45) is 0. The number of benzene rings is 1. The number of carboxylic acid groups (broad SMARTS) is 1. The maximum Gasteiger partial charge on any atom is 0.308 e. The molecule has 0 fully saturated rings. The molecule has 5 nitrogen and oxygen atoms in total. The van der Waals surface area contributed by atoms with Gasteiger partial charge in [-0.25, -0.2) is 0 Å². The molecule has 1 aromatic heterocycles. The van der Waals surface area contributed by atoms with E-state index < -0.39 is 11.9 Å². The SMILES string of the molecule is COc1ccc2sc(C(=O)NCC(C)C(=O)O)c(C)c2c1. The lowest BCUT2D eigenvalue weighted by Crippen LogP contribution is -2.31. The van der Waals surface area contributed by atoms with Crippen LogP contribution >= 0.6 is 11.3 Å². The van der Waals surface area contributed by atoms with Gasteiger partial charge in [-0.1, -0.05) is 6.92 Å². The van der Waals surface area contributed by atoms with Gasteiger partial charge in [0.25, 0.3) is 5.91 Å². The van der Waals surface area contributed by atoms with Gasteiger partial charge in [0.05, 0.1) is 17.9 Å². The molecule has 0 spiro atoms. The first-order valence-corrected chi connectivity index (χ1v) is 7.33. The van der Waals surface area contributed by atoms with E-state index in [2.05, 4.69) is 5.32 Å². The summed E-state index contributed by atoms with van der Waals surface area (Å²) in [7, 11) is 1.60. The number of aryl methyl sites for hydroxylation is 1. The summed E-state index contributed by atoms with van der Waals surface area (Å²) in [5, 5.41) is 12.5. The van der Waals surface area contributed by atoms with Crippen LogP contribution < -0.4 is 10.1 Å². The Morgan fingerprint density at radius 3 is 2.76 bits per heavy atom. The molecule has 1 atom stereocenters. The molecule has 0 saturated carbocycles. The van der Waals surface area contributed by atoms with Crippen molar-refractivity contribution in [1.82, 2.24) is 5.32 Å². The Balaban J connectivity index is 2.23. The van der Waals surface area contributed by atoms with Crippen molar-refractivity contribution < 1.29 is 19.4 Å². The van der Waals surface area contributed by atoms with Crippen molar-refractivity contribution in [3.8, 4) is 5.75 Å². The number of amides is 1. The van der Waals surface area contributed by atoms with E-state index in [1.807, 2.05) is 25.1 Å². The van der Waals surface area contributed by atoms with E-state index in [1.54, 1.807) is 14.0 Å². The van der Waals surface area contributed by atoms with Crippen LogP contribution in [0.15, 0.2) is 18.2 Å². The topological polar surface area (TPSA) is 75.6 Å². The molecule has 0 aliphatic rings. The minimum Gasteiger partial charge on any atom is -0.497 e. The second-order valence-corrected chi connectivity index (χ2v) is 5.92. The van der Waals surface area contributed by atoms with Crippen molar-refractivity contribution in [3.05, 3.63) is 28.6 Å². The van der Waals surface area contributed by atoms with Gasteiger partial charge in [0.2, 0.25) is 0 Å². The molecule has 6 heteroatoms. The van der Waals surface area contributed by atoms with Crippen LogP contribution in [0.25, 0.3) is 10.1 Å². The number of nitrogens with one attached hydrogen (secondary N) is 1. The summed E-state index contributed by atoms with van der Waals surface area (Å²) in [6.45, 7) is 3.56. The first-order chi connectivity index (χ1) is 9.93. The number of hydrogen-bond acceptors (Lipinski definition) is 4. The van der Waals surface area contributed by atoms with E-state index >= 15 is 0 Å². The Labute approximate surface area is 126 Å². The zero-order chi connectivity index (χ0) is 15.6. The average Bonchev–Trinajstić information content (AvgIpc) is 2.80. The number of thiophene rings is 1. The number of aliphatic carboxylic acids is 1. The Morgan fingerprint density at radius 1 is 1.43 bits per heavy atom. The van der Waals surface area contributed by atoms with Crippen molar-refractivity contribution >= 4 is 33.3 Å². The third-order valence-corrected chi connectivity index (χ3v) is 4.61. The van der Waals surface area contributed by atoms with E-state index in [4.69, 9.17) is 9.84 Å². The number of ether oxygens (including phenoxy) is 1. The van der Waals surface area contributed by atoms with Crippen LogP contribution in [-0.4, -0.2) is 30.6 Å². The molecule has 1 amide bonds. The van der Waals surface area contributed by atoms with Gasteiger partial charge in [-0.05, 0) is 36.1 Å². The molecule has 2 rings (SSSR count). The smallest absolute Gasteiger partial charge is 0.308 e. The maximum atomic E-state index is 12.2. The fourth-order valence-electron chi connectivity index (χ4n) is 1.96. The fourth-order valence-corrected chi connectivity index (χ4v) is 3.06. The minimum atomic E-state index is -0.923. The van der Waals surface area contributed by atoms with Gasteiger partial charge >= 0.3 is 5.97 Å². The van der Waals surface area contributed by atoms with Crippen LogP contribution in [0.3, 0.4) is 0 Å². The zero-order valence-corrected chi connectivity index (χ0v) is 12.9. The third-order valence-electron chi connectivity index (χ3n) is 3.34. The molecular weight excluding hydrogens is 290 g/mol. The van der Waals surface area contributed by atoms with Crippen LogP contribution in [0.1, 0.15) is 22.2 Å². The van der Waals surface area contributed by atoms with Crippen molar-refractivity contribution in [2.24, 2.45) is 5.92 Å². The minimum absolute atomic E-state index is 0.116. The Morgan fingerprint density at radius 2 is 2.14 bits per heavy atom. The third kappa shape index (κ3) is 3.16. The van der Waals surface area contributed by atoms with Crippen LogP contribution in [0.5, 0.6) is 5.75 Å². The molecule has 112 valence electrons. The second kappa shape index (κ2) is 6.13. The van der Waals surface area contributed by atoms with E-state index in [1.165, 1.54) is 11.3 Å². The number of methoxy groups -OCH3 is 1. The monoisotopic (exact) mass is 307 g/mol. The van der Waals surface area contributed by atoms with Crippen LogP contribution in [0.4, 0.5) is 0 Å². The molecule has 0 aliphatic carbocycles. The molecule has 2 N–H and O–H groups in total. The first kappa shape index (κ1) is 15.3. The van der Waals surface area contributed by atoms with Crippen molar-refractivity contribution in [1.29, 1.82) is 0 Å². The summed E-state index contributed by atoms with van der Waals surface area (Å²) < 4.78 is 6.20. The lowest BCUT2D eigenvalue weighted by Gasteiger charge is -2.07. The maximum absolute atomic E-state index is 12.2. The van der Waals surface area contributed by atoms with Crippen LogP contribution in [-0.2, 0) is 4.79 Å². The van der Waals surface area contributed by atoms with E-state index in [-0.39, 0.29) is 12.5 Å². The Kier molecular flexibility index (Phi) is 4.47. The molecule has 1 unspecified atom stereocenters. The van der Waals surface area contributed by atoms with Gasteiger partial charge in [0.1, 0.15) is 5.75 Å². The lowest BCUT2D eigenvalue weighted by molar-refractivity contribution is -0.140. The normalized spacial score (nSPS) is 12.1. The standard InChI is InChI=1S/C15H17NO4S/c1-8(15(18)19)7-16-14(17)13-9(2)11-6-10(20-3)4-5-12(11)21-13/h4-6,8H,7H2,1-3H3,(H,16,17)(H,18,19). The summed E-state index contributed by atoms with van der Waals surface area (Å²) in [6, 6.07) is 5.67. The van der Waals surface area contributed by atoms with Crippen molar-refractivity contribution in [3.63, 3.8) is 0 Å². The summed E-state index contributed by atoms with van der Waals surface area (Å²) in [5.41, 5.74) is 0.884. The molecule has 0 saturated heterocycles. The van der Waals surface area contributed by atoms with Gasteiger partial charge in [-0.3, -0.25) is 9.59 Å². The van der Waals surface area contributed by atoms with Gasteiger partial charge in [0, 0.05) is 11.2 Å². The van der Waals surface area contributed by atoms with E-state index in [0.717, 1.165) is 21.4 Å². The average molecular weight is 307 g/mol. The Bertz CT molecular complexity index is 692. The van der Waals surface area contributed by atoms with Crippen molar-refractivity contribution in [2.45, 2.75) is 13.8 Å². The first-order valence-electron chi connectivity index (χ1n) is 6.52. The number of carbonyl (C=O) groups excluding carboxylic acids is 1. The second-order valence-electron chi connectivity index (χ2n) is 4.87. The number of hydrogen-bond donors (Lipinski definition) is 2. The van der Waals surface area contributed by atoms with Gasteiger partial charge in [-0.15, -0.1) is 11.3 Å². The van der Waals surface area contributed by atoms with E-state index in [0.29, 0.717) is 4.88 Å². The zero-order valence-electron chi connectivity index (χ0n) is 12.1. The molecule has 21 heavy (non-hydrogen) atoms. The Hall–Kier alpha value is -2.08. The molecule has 1 heterocycles. The summed E-state index contributed by atoms with van der Waals surface area (Å²) in [4.78, 5) is 23.6. The highest BCUT2D eigenvalue weighted by atomic mass is 32.1. The fraction of sp³-hybridized carbons (Fsp3) is 0.333. The van der Waals surface area contributed by atoms with E-state index in [9.17, 15) is 9.59 Å². The molecule has 0 radical (unpaired) electrons. The molecule has 0 bridgehead atoms. The van der Waals surface area contributed by atoms with Gasteiger partial charge in [0.15, 0.2) is 0 Å². The highest BCUT2D eigenvalue weighted by molar-refractivity contribution is 7.21. The van der Waals surface area contributed by atoms with Crippen LogP contribution in [0.2, 0.25) is 0 Å². The predicted molar refractivity (Wildman–Crippen MR) is 82.2 cm³/mol. The van der Waals surface area contributed by atoms with Gasteiger partial charge in [-0.2, -0.15) is 0 Å². The summed E-state index contributed by atoms with van der Waals surface area (Å²) >= 11 is 1.40. The summed E-state index contributed by atoms with van der Waals surface area (Å²) in [5.74, 6) is -1.02. The number of carboxylic acids is 1. The number of rotatable bonds is 5. The highest BCUT2D eigenvalue weighted by Gasteiger charge is 2.18. The molecule has 0 aliphatic heterocycles. The van der Waals surface area contributed by atoms with Gasteiger partial charge < -0.3 is 15.2 Å². The largest absolute Gasteiger partial charge is 0.497 e.